The molecule has 5 heteroatoms. The molecule has 1 aromatic rings. The third-order valence-electron chi connectivity index (χ3n) is 1.24. The van der Waals surface area contributed by atoms with E-state index in [4.69, 9.17) is 28.3 Å². The molecule has 0 amide bonds. The molecule has 0 saturated heterocycles. The lowest BCUT2D eigenvalue weighted by molar-refractivity contribution is -0.136. The molecule has 0 bridgehead atoms. The quantitative estimate of drug-likeness (QED) is 0.753. The van der Waals surface area contributed by atoms with Gasteiger partial charge in [0, 0.05) is 16.8 Å². The summed E-state index contributed by atoms with van der Waals surface area (Å²) < 4.78 is 0. The van der Waals surface area contributed by atoms with E-state index in [9.17, 15) is 4.79 Å². The van der Waals surface area contributed by atoms with Crippen LogP contribution in [-0.2, 0) is 11.2 Å². The molecule has 0 radical (unpaired) electrons. The Hall–Kier alpha value is -0.800. The first-order valence-corrected chi connectivity index (χ1v) is 3.87. The standard InChI is InChI=1S/C7H5Cl2NO2/c8-5-2-6(9)10-3-4(5)1-7(11)12/h2-3H,1H2,(H,11,12). The highest BCUT2D eigenvalue weighted by Gasteiger charge is 2.05. The Balaban J connectivity index is 2.93. The molecule has 1 aromatic heterocycles. The van der Waals surface area contributed by atoms with Crippen LogP contribution in [0.1, 0.15) is 5.56 Å². The molecule has 0 aliphatic carbocycles. The van der Waals surface area contributed by atoms with Gasteiger partial charge in [-0.3, -0.25) is 4.79 Å². The number of hydrogen-bond donors (Lipinski definition) is 1. The van der Waals surface area contributed by atoms with Crippen molar-refractivity contribution in [2.75, 3.05) is 0 Å². The lowest BCUT2D eigenvalue weighted by Gasteiger charge is -1.99. The average Bonchev–Trinajstić information content (AvgIpc) is 1.94. The molecule has 12 heavy (non-hydrogen) atoms. The van der Waals surface area contributed by atoms with Gasteiger partial charge in [-0.05, 0) is 6.07 Å². The van der Waals surface area contributed by atoms with E-state index >= 15 is 0 Å². The van der Waals surface area contributed by atoms with Crippen LogP contribution in [0, 0.1) is 0 Å². The highest BCUT2D eigenvalue weighted by atomic mass is 35.5. The molecule has 3 nitrogen and oxygen atoms in total. The van der Waals surface area contributed by atoms with Crippen LogP contribution in [0.2, 0.25) is 10.2 Å². The zero-order valence-electron chi connectivity index (χ0n) is 5.92. The predicted molar refractivity (Wildman–Crippen MR) is 45.6 cm³/mol. The molecule has 0 aliphatic rings. The van der Waals surface area contributed by atoms with Gasteiger partial charge in [-0.1, -0.05) is 23.2 Å². The van der Waals surface area contributed by atoms with Gasteiger partial charge in [-0.2, -0.15) is 0 Å². The molecule has 0 fully saturated rings. The third-order valence-corrected chi connectivity index (χ3v) is 1.80. The average molecular weight is 206 g/mol. The predicted octanol–water partition coefficient (Wildman–Crippen LogP) is 2.02. The molecule has 0 atom stereocenters. The second-order valence-corrected chi connectivity index (χ2v) is 2.96. The number of pyridine rings is 1. The summed E-state index contributed by atoms with van der Waals surface area (Å²) in [6, 6.07) is 1.42. The number of carbonyl (C=O) groups is 1. The van der Waals surface area contributed by atoms with E-state index in [1.165, 1.54) is 12.3 Å². The first-order chi connectivity index (χ1) is 5.59. The number of rotatable bonds is 2. The first kappa shape index (κ1) is 9.29. The van der Waals surface area contributed by atoms with E-state index in [1.54, 1.807) is 0 Å². The second-order valence-electron chi connectivity index (χ2n) is 2.17. The maximum atomic E-state index is 10.3. The summed E-state index contributed by atoms with van der Waals surface area (Å²) in [4.78, 5) is 14.0. The minimum atomic E-state index is -0.943. The largest absolute Gasteiger partial charge is 0.481 e. The fourth-order valence-electron chi connectivity index (χ4n) is 0.729. The summed E-state index contributed by atoms with van der Waals surface area (Å²) in [6.07, 6.45) is 1.22. The van der Waals surface area contributed by atoms with E-state index in [2.05, 4.69) is 4.98 Å². The molecule has 0 aliphatic heterocycles. The van der Waals surface area contributed by atoms with Crippen LogP contribution in [0.3, 0.4) is 0 Å². The Morgan fingerprint density at radius 2 is 2.25 bits per heavy atom. The fourth-order valence-corrected chi connectivity index (χ4v) is 1.16. The van der Waals surface area contributed by atoms with Crippen molar-refractivity contribution >= 4 is 29.2 Å². The molecule has 64 valence electrons. The van der Waals surface area contributed by atoms with Crippen molar-refractivity contribution in [1.29, 1.82) is 0 Å². The number of halogens is 2. The van der Waals surface area contributed by atoms with Gasteiger partial charge in [0.15, 0.2) is 0 Å². The van der Waals surface area contributed by atoms with Crippen LogP contribution in [-0.4, -0.2) is 16.1 Å². The summed E-state index contributed by atoms with van der Waals surface area (Å²) in [5.41, 5.74) is 0.466. The van der Waals surface area contributed by atoms with Gasteiger partial charge >= 0.3 is 5.97 Å². The zero-order chi connectivity index (χ0) is 9.14. The molecular formula is C7H5Cl2NO2. The topological polar surface area (TPSA) is 50.2 Å². The first-order valence-electron chi connectivity index (χ1n) is 3.11. The van der Waals surface area contributed by atoms with E-state index in [-0.39, 0.29) is 11.6 Å². The highest BCUT2D eigenvalue weighted by Crippen LogP contribution is 2.18. The number of carboxylic acid groups (broad SMARTS) is 1. The lowest BCUT2D eigenvalue weighted by atomic mass is 10.2. The van der Waals surface area contributed by atoms with Crippen LogP contribution in [0.25, 0.3) is 0 Å². The summed E-state index contributed by atoms with van der Waals surface area (Å²) in [7, 11) is 0. The second kappa shape index (κ2) is 3.74. The van der Waals surface area contributed by atoms with E-state index in [0.29, 0.717) is 10.6 Å². The van der Waals surface area contributed by atoms with Crippen molar-refractivity contribution in [2.45, 2.75) is 6.42 Å². The lowest BCUT2D eigenvalue weighted by Crippen LogP contribution is -2.01. The van der Waals surface area contributed by atoms with Gasteiger partial charge in [-0.25, -0.2) is 4.98 Å². The Bertz CT molecular complexity index is 314. The van der Waals surface area contributed by atoms with Crippen LogP contribution in [0.4, 0.5) is 0 Å². The number of nitrogens with zero attached hydrogens (tertiary/aromatic N) is 1. The SMILES string of the molecule is O=C(O)Cc1cnc(Cl)cc1Cl. The Kier molecular flexibility index (Phi) is 2.89. The monoisotopic (exact) mass is 205 g/mol. The van der Waals surface area contributed by atoms with Gasteiger partial charge in [0.05, 0.1) is 6.42 Å². The van der Waals surface area contributed by atoms with Crippen LogP contribution in [0.5, 0.6) is 0 Å². The number of hydrogen-bond acceptors (Lipinski definition) is 2. The molecule has 0 aromatic carbocycles. The van der Waals surface area contributed by atoms with Gasteiger partial charge in [-0.15, -0.1) is 0 Å². The van der Waals surface area contributed by atoms with E-state index in [0.717, 1.165) is 0 Å². The minimum absolute atomic E-state index is 0.136. The summed E-state index contributed by atoms with van der Waals surface area (Å²) in [5, 5.41) is 9.03. The molecule has 0 spiro atoms. The van der Waals surface area contributed by atoms with E-state index < -0.39 is 5.97 Å². The molecule has 1 N–H and O–H groups in total. The van der Waals surface area contributed by atoms with Crippen molar-refractivity contribution in [2.24, 2.45) is 0 Å². The number of carboxylic acids is 1. The van der Waals surface area contributed by atoms with Gasteiger partial charge in [0.2, 0.25) is 0 Å². The number of aromatic nitrogens is 1. The van der Waals surface area contributed by atoms with Crippen molar-refractivity contribution in [3.8, 4) is 0 Å². The Labute approximate surface area is 78.9 Å². The molecule has 1 rings (SSSR count). The number of aliphatic carboxylic acids is 1. The fraction of sp³-hybridized carbons (Fsp3) is 0.143. The van der Waals surface area contributed by atoms with Crippen molar-refractivity contribution in [3.05, 3.63) is 28.0 Å². The van der Waals surface area contributed by atoms with Crippen LogP contribution < -0.4 is 0 Å². The highest BCUT2D eigenvalue weighted by molar-refractivity contribution is 6.34. The summed E-state index contributed by atoms with van der Waals surface area (Å²) in [5.74, 6) is -0.943. The minimum Gasteiger partial charge on any atom is -0.481 e. The van der Waals surface area contributed by atoms with E-state index in [1.807, 2.05) is 0 Å². The molecule has 0 saturated carbocycles. The van der Waals surface area contributed by atoms with Gasteiger partial charge < -0.3 is 5.11 Å². The summed E-state index contributed by atoms with van der Waals surface area (Å²) >= 11 is 11.2. The maximum absolute atomic E-state index is 10.3. The molecule has 1 heterocycles. The zero-order valence-corrected chi connectivity index (χ0v) is 7.43. The maximum Gasteiger partial charge on any atom is 0.307 e. The summed E-state index contributed by atoms with van der Waals surface area (Å²) in [6.45, 7) is 0. The van der Waals surface area contributed by atoms with Gasteiger partial charge in [0.1, 0.15) is 5.15 Å². The van der Waals surface area contributed by atoms with Crippen LogP contribution in [0.15, 0.2) is 12.3 Å². The molecular weight excluding hydrogens is 201 g/mol. The molecule has 0 unspecified atom stereocenters. The van der Waals surface area contributed by atoms with Gasteiger partial charge in [0.25, 0.3) is 0 Å². The normalized spacial score (nSPS) is 9.83. The van der Waals surface area contributed by atoms with Crippen LogP contribution >= 0.6 is 23.2 Å². The van der Waals surface area contributed by atoms with Crippen molar-refractivity contribution in [3.63, 3.8) is 0 Å². The smallest absolute Gasteiger partial charge is 0.307 e. The third kappa shape index (κ3) is 2.36. The Morgan fingerprint density at radius 1 is 1.58 bits per heavy atom. The van der Waals surface area contributed by atoms with Crippen molar-refractivity contribution in [1.82, 2.24) is 4.98 Å². The van der Waals surface area contributed by atoms with Crippen molar-refractivity contribution < 1.29 is 9.90 Å². The Morgan fingerprint density at radius 3 is 2.75 bits per heavy atom.